The van der Waals surface area contributed by atoms with Crippen LogP contribution in [0.3, 0.4) is 0 Å². The van der Waals surface area contributed by atoms with Crippen molar-refractivity contribution in [2.75, 3.05) is 6.61 Å². The van der Waals surface area contributed by atoms with Crippen molar-refractivity contribution in [1.82, 2.24) is 14.4 Å². The highest BCUT2D eigenvalue weighted by Gasteiger charge is 2.24. The van der Waals surface area contributed by atoms with E-state index in [0.717, 1.165) is 0 Å². The predicted molar refractivity (Wildman–Crippen MR) is 65.2 cm³/mol. The van der Waals surface area contributed by atoms with Gasteiger partial charge in [0.1, 0.15) is 6.10 Å². The smallest absolute Gasteiger partial charge is 0.308 e. The fourth-order valence-corrected chi connectivity index (χ4v) is 1.76. The minimum atomic E-state index is -1.25. The maximum Gasteiger partial charge on any atom is 0.308 e. The first-order valence-corrected chi connectivity index (χ1v) is 5.93. The Bertz CT molecular complexity index is 569. The molecule has 0 amide bonds. The molecule has 0 radical (unpaired) electrons. The standard InChI is InChI=1S/C12H15N3O4/c1-2-19-10(17)6-9(16)11(18)8-7-14-12-13-4-3-5-15(8)12/h3-5,7,9,11,16,18H,2,6H2,1H3. The van der Waals surface area contributed by atoms with Crippen molar-refractivity contribution in [3.63, 3.8) is 0 Å². The zero-order chi connectivity index (χ0) is 13.8. The number of ether oxygens (including phenoxy) is 1. The Kier molecular flexibility index (Phi) is 4.08. The van der Waals surface area contributed by atoms with Crippen LogP contribution in [0.1, 0.15) is 25.1 Å². The molecule has 2 rings (SSSR count). The van der Waals surface area contributed by atoms with Crippen LogP contribution >= 0.6 is 0 Å². The quantitative estimate of drug-likeness (QED) is 0.743. The minimum absolute atomic E-state index is 0.237. The lowest BCUT2D eigenvalue weighted by Gasteiger charge is -2.16. The Morgan fingerprint density at radius 3 is 3.00 bits per heavy atom. The van der Waals surface area contributed by atoms with Gasteiger partial charge in [-0.3, -0.25) is 9.20 Å². The van der Waals surface area contributed by atoms with Gasteiger partial charge in [-0.25, -0.2) is 9.97 Å². The summed E-state index contributed by atoms with van der Waals surface area (Å²) in [6, 6.07) is 1.68. The van der Waals surface area contributed by atoms with E-state index < -0.39 is 18.2 Å². The van der Waals surface area contributed by atoms with Gasteiger partial charge in [-0.05, 0) is 13.0 Å². The van der Waals surface area contributed by atoms with Crippen LogP contribution in [0.15, 0.2) is 24.7 Å². The molecule has 0 aliphatic rings. The Labute approximate surface area is 109 Å². The molecule has 2 aromatic heterocycles. The minimum Gasteiger partial charge on any atom is -0.466 e. The number of aromatic nitrogens is 3. The average molecular weight is 265 g/mol. The highest BCUT2D eigenvalue weighted by molar-refractivity contribution is 5.70. The number of aliphatic hydroxyl groups excluding tert-OH is 2. The van der Waals surface area contributed by atoms with E-state index >= 15 is 0 Å². The van der Waals surface area contributed by atoms with E-state index in [9.17, 15) is 15.0 Å². The molecule has 0 bridgehead atoms. The summed E-state index contributed by atoms with van der Waals surface area (Å²) in [5, 5.41) is 19.9. The molecule has 19 heavy (non-hydrogen) atoms. The molecule has 2 atom stereocenters. The number of hydrogen-bond acceptors (Lipinski definition) is 6. The largest absolute Gasteiger partial charge is 0.466 e. The average Bonchev–Trinajstić information content (AvgIpc) is 2.81. The molecule has 0 aliphatic heterocycles. The van der Waals surface area contributed by atoms with Crippen molar-refractivity contribution >= 4 is 11.7 Å². The Morgan fingerprint density at radius 2 is 2.26 bits per heavy atom. The van der Waals surface area contributed by atoms with Crippen molar-refractivity contribution in [2.24, 2.45) is 0 Å². The molecule has 0 saturated heterocycles. The lowest BCUT2D eigenvalue weighted by atomic mass is 10.1. The topological polar surface area (TPSA) is 97.0 Å². The summed E-state index contributed by atoms with van der Waals surface area (Å²) < 4.78 is 6.28. The molecule has 0 fully saturated rings. The van der Waals surface area contributed by atoms with E-state index in [4.69, 9.17) is 4.74 Å². The molecule has 2 N–H and O–H groups in total. The van der Waals surface area contributed by atoms with E-state index in [-0.39, 0.29) is 13.0 Å². The van der Waals surface area contributed by atoms with Crippen LogP contribution in [0, 0.1) is 0 Å². The normalized spacial score (nSPS) is 14.3. The van der Waals surface area contributed by atoms with E-state index in [1.54, 1.807) is 29.8 Å². The zero-order valence-corrected chi connectivity index (χ0v) is 10.4. The Balaban J connectivity index is 2.14. The van der Waals surface area contributed by atoms with Crippen LogP contribution < -0.4 is 0 Å². The second-order valence-electron chi connectivity index (χ2n) is 3.99. The van der Waals surface area contributed by atoms with Gasteiger partial charge in [-0.2, -0.15) is 0 Å². The summed E-state index contributed by atoms with van der Waals surface area (Å²) in [7, 11) is 0. The lowest BCUT2D eigenvalue weighted by molar-refractivity contribution is -0.147. The number of carbonyl (C=O) groups excluding carboxylic acids is 1. The van der Waals surface area contributed by atoms with E-state index in [0.29, 0.717) is 11.5 Å². The fourth-order valence-electron chi connectivity index (χ4n) is 1.76. The van der Waals surface area contributed by atoms with Crippen LogP contribution in [-0.4, -0.2) is 43.3 Å². The van der Waals surface area contributed by atoms with Gasteiger partial charge < -0.3 is 14.9 Å². The molecule has 7 heteroatoms. The molecule has 0 spiro atoms. The second kappa shape index (κ2) is 5.77. The fraction of sp³-hybridized carbons (Fsp3) is 0.417. The lowest BCUT2D eigenvalue weighted by Crippen LogP contribution is -2.24. The number of nitrogens with zero attached hydrogens (tertiary/aromatic N) is 3. The first-order chi connectivity index (χ1) is 9.13. The third-order valence-corrected chi connectivity index (χ3v) is 2.67. The van der Waals surface area contributed by atoms with Crippen LogP contribution in [0.25, 0.3) is 5.78 Å². The van der Waals surface area contributed by atoms with Crippen LogP contribution in [-0.2, 0) is 9.53 Å². The molecule has 2 aromatic rings. The SMILES string of the molecule is CCOC(=O)CC(O)C(O)c1cnc2ncccn12. The van der Waals surface area contributed by atoms with E-state index in [1.807, 2.05) is 0 Å². The van der Waals surface area contributed by atoms with Gasteiger partial charge in [-0.15, -0.1) is 0 Å². The number of rotatable bonds is 5. The molecular weight excluding hydrogens is 250 g/mol. The summed E-state index contributed by atoms with van der Waals surface area (Å²) in [5.74, 6) is -0.138. The van der Waals surface area contributed by atoms with Gasteiger partial charge in [0, 0.05) is 12.4 Å². The number of esters is 1. The van der Waals surface area contributed by atoms with Crippen molar-refractivity contribution in [3.8, 4) is 0 Å². The third-order valence-electron chi connectivity index (χ3n) is 2.67. The Hall–Kier alpha value is -1.99. The molecular formula is C12H15N3O4. The van der Waals surface area contributed by atoms with Gasteiger partial charge in [0.25, 0.3) is 0 Å². The van der Waals surface area contributed by atoms with Gasteiger partial charge in [0.2, 0.25) is 5.78 Å². The summed E-state index contributed by atoms with van der Waals surface area (Å²) in [6.45, 7) is 1.91. The highest BCUT2D eigenvalue weighted by atomic mass is 16.5. The van der Waals surface area contributed by atoms with Crippen LogP contribution in [0.5, 0.6) is 0 Å². The maximum absolute atomic E-state index is 11.3. The zero-order valence-electron chi connectivity index (χ0n) is 10.4. The number of imidazole rings is 1. The number of carbonyl (C=O) groups is 1. The summed E-state index contributed by atoms with van der Waals surface area (Å²) >= 11 is 0. The van der Waals surface area contributed by atoms with Crippen LogP contribution in [0.2, 0.25) is 0 Å². The molecule has 0 aliphatic carbocycles. The summed E-state index contributed by atoms with van der Waals surface area (Å²) in [4.78, 5) is 19.3. The Morgan fingerprint density at radius 1 is 1.47 bits per heavy atom. The van der Waals surface area contributed by atoms with Crippen molar-refractivity contribution < 1.29 is 19.7 Å². The monoisotopic (exact) mass is 265 g/mol. The number of hydrogen-bond donors (Lipinski definition) is 2. The van der Waals surface area contributed by atoms with Gasteiger partial charge in [0.15, 0.2) is 0 Å². The number of fused-ring (bicyclic) bond motifs is 1. The van der Waals surface area contributed by atoms with Crippen LogP contribution in [0.4, 0.5) is 0 Å². The summed E-state index contributed by atoms with van der Waals surface area (Å²) in [5.41, 5.74) is 0.375. The molecule has 0 saturated carbocycles. The molecule has 2 unspecified atom stereocenters. The molecule has 0 aromatic carbocycles. The van der Waals surface area contributed by atoms with Gasteiger partial charge >= 0.3 is 5.97 Å². The third kappa shape index (κ3) is 2.88. The maximum atomic E-state index is 11.3. The predicted octanol–water partition coefficient (Wildman–Crippen LogP) is 0.0768. The van der Waals surface area contributed by atoms with Crippen molar-refractivity contribution in [2.45, 2.75) is 25.6 Å². The number of aliphatic hydroxyl groups is 2. The van der Waals surface area contributed by atoms with Crippen molar-refractivity contribution in [1.29, 1.82) is 0 Å². The molecule has 102 valence electrons. The van der Waals surface area contributed by atoms with E-state index in [1.165, 1.54) is 6.20 Å². The first-order valence-electron chi connectivity index (χ1n) is 5.93. The second-order valence-corrected chi connectivity index (χ2v) is 3.99. The van der Waals surface area contributed by atoms with Crippen molar-refractivity contribution in [3.05, 3.63) is 30.4 Å². The highest BCUT2D eigenvalue weighted by Crippen LogP contribution is 2.19. The van der Waals surface area contributed by atoms with E-state index in [2.05, 4.69) is 9.97 Å². The molecule has 7 nitrogen and oxygen atoms in total. The van der Waals surface area contributed by atoms with Gasteiger partial charge in [-0.1, -0.05) is 0 Å². The first kappa shape index (κ1) is 13.4. The summed E-state index contributed by atoms with van der Waals surface area (Å²) in [6.07, 6.45) is 1.91. The van der Waals surface area contributed by atoms with Gasteiger partial charge in [0.05, 0.1) is 31.0 Å². The molecule has 2 heterocycles.